The van der Waals surface area contributed by atoms with Gasteiger partial charge in [0.15, 0.2) is 0 Å². The Morgan fingerprint density at radius 2 is 2.00 bits per heavy atom. The highest BCUT2D eigenvalue weighted by molar-refractivity contribution is 5.77. The zero-order chi connectivity index (χ0) is 14.7. The fraction of sp³-hybridized carbons (Fsp3) is 0.588. The van der Waals surface area contributed by atoms with Gasteiger partial charge in [-0.3, -0.25) is 4.79 Å². The van der Waals surface area contributed by atoms with E-state index in [4.69, 9.17) is 4.74 Å². The molecule has 2 fully saturated rings. The van der Waals surface area contributed by atoms with Crippen LogP contribution < -0.4 is 5.32 Å². The van der Waals surface area contributed by atoms with E-state index in [9.17, 15) is 9.90 Å². The van der Waals surface area contributed by atoms with E-state index in [1.807, 2.05) is 18.2 Å². The number of carbonyl (C=O) groups is 1. The van der Waals surface area contributed by atoms with E-state index in [0.29, 0.717) is 44.3 Å². The highest BCUT2D eigenvalue weighted by Gasteiger charge is 2.41. The maximum Gasteiger partial charge on any atom is 0.220 e. The highest BCUT2D eigenvalue weighted by Crippen LogP contribution is 2.49. The van der Waals surface area contributed by atoms with Crippen LogP contribution in [-0.2, 0) is 9.53 Å². The fourth-order valence-corrected chi connectivity index (χ4v) is 3.25. The normalized spacial score (nSPS) is 27.1. The van der Waals surface area contributed by atoms with Gasteiger partial charge in [-0.05, 0) is 36.7 Å². The van der Waals surface area contributed by atoms with Gasteiger partial charge < -0.3 is 15.2 Å². The number of benzene rings is 1. The quantitative estimate of drug-likeness (QED) is 0.869. The monoisotopic (exact) mass is 289 g/mol. The average molecular weight is 289 g/mol. The van der Waals surface area contributed by atoms with Crippen LogP contribution in [0.1, 0.15) is 37.2 Å². The number of aliphatic hydroxyl groups excluding tert-OH is 1. The molecule has 114 valence electrons. The molecule has 2 atom stereocenters. The van der Waals surface area contributed by atoms with Crippen molar-refractivity contribution in [3.8, 4) is 0 Å². The van der Waals surface area contributed by atoms with Crippen molar-refractivity contribution in [1.29, 1.82) is 0 Å². The summed E-state index contributed by atoms with van der Waals surface area (Å²) >= 11 is 0. The number of amides is 1. The lowest BCUT2D eigenvalue weighted by atomic mass is 9.90. The minimum atomic E-state index is -0.466. The number of ether oxygens (including phenoxy) is 1. The van der Waals surface area contributed by atoms with Crippen molar-refractivity contribution >= 4 is 5.91 Å². The molecule has 1 saturated carbocycles. The zero-order valence-corrected chi connectivity index (χ0v) is 12.3. The number of carbonyl (C=O) groups excluding carboxylic acids is 1. The van der Waals surface area contributed by atoms with E-state index in [-0.39, 0.29) is 12.5 Å². The smallest absolute Gasteiger partial charge is 0.220 e. The number of aliphatic hydroxyl groups is 1. The minimum absolute atomic E-state index is 0.00508. The first-order valence-electron chi connectivity index (χ1n) is 7.77. The van der Waals surface area contributed by atoms with Gasteiger partial charge in [0.05, 0.1) is 12.1 Å². The minimum Gasteiger partial charge on any atom is -0.394 e. The number of rotatable bonds is 5. The van der Waals surface area contributed by atoms with Crippen molar-refractivity contribution in [2.75, 3.05) is 19.8 Å². The number of hydrogen-bond donors (Lipinski definition) is 2. The van der Waals surface area contributed by atoms with Gasteiger partial charge >= 0.3 is 0 Å². The molecule has 1 aliphatic carbocycles. The first-order chi connectivity index (χ1) is 10.2. The Bertz CT molecular complexity index is 482. The van der Waals surface area contributed by atoms with Crippen LogP contribution in [0, 0.1) is 5.92 Å². The summed E-state index contributed by atoms with van der Waals surface area (Å²) in [5.74, 6) is 1.04. The Balaban J connectivity index is 1.51. The molecule has 0 aromatic heterocycles. The predicted octanol–water partition coefficient (Wildman–Crippen LogP) is 1.84. The highest BCUT2D eigenvalue weighted by atomic mass is 16.5. The van der Waals surface area contributed by atoms with Crippen LogP contribution in [0.3, 0.4) is 0 Å². The van der Waals surface area contributed by atoms with Gasteiger partial charge in [-0.25, -0.2) is 0 Å². The summed E-state index contributed by atoms with van der Waals surface area (Å²) in [6, 6.07) is 10.4. The Kier molecular flexibility index (Phi) is 4.27. The van der Waals surface area contributed by atoms with E-state index < -0.39 is 5.54 Å². The van der Waals surface area contributed by atoms with Crippen molar-refractivity contribution in [1.82, 2.24) is 5.32 Å². The molecule has 1 saturated heterocycles. The molecule has 4 heteroatoms. The molecular formula is C17H23NO3. The molecule has 0 bridgehead atoms. The Morgan fingerprint density at radius 1 is 1.29 bits per heavy atom. The number of nitrogens with one attached hydrogen (secondary N) is 1. The lowest BCUT2D eigenvalue weighted by Crippen LogP contribution is -2.54. The molecule has 3 rings (SSSR count). The van der Waals surface area contributed by atoms with E-state index >= 15 is 0 Å². The van der Waals surface area contributed by atoms with Gasteiger partial charge in [-0.15, -0.1) is 0 Å². The van der Waals surface area contributed by atoms with Gasteiger partial charge in [0, 0.05) is 19.6 Å². The molecule has 2 aliphatic rings. The lowest BCUT2D eigenvalue weighted by Gasteiger charge is -2.36. The lowest BCUT2D eigenvalue weighted by molar-refractivity contribution is -0.125. The summed E-state index contributed by atoms with van der Waals surface area (Å²) < 4.78 is 5.31. The Hall–Kier alpha value is -1.39. The summed E-state index contributed by atoms with van der Waals surface area (Å²) in [5, 5.41) is 12.7. The predicted molar refractivity (Wildman–Crippen MR) is 79.9 cm³/mol. The van der Waals surface area contributed by atoms with Crippen LogP contribution in [0.15, 0.2) is 30.3 Å². The van der Waals surface area contributed by atoms with Crippen LogP contribution in [0.2, 0.25) is 0 Å². The van der Waals surface area contributed by atoms with Gasteiger partial charge in [-0.1, -0.05) is 30.3 Å². The van der Waals surface area contributed by atoms with Crippen molar-refractivity contribution in [2.24, 2.45) is 5.92 Å². The summed E-state index contributed by atoms with van der Waals surface area (Å²) in [6.45, 7) is 1.21. The third-order valence-corrected chi connectivity index (χ3v) is 4.76. The second kappa shape index (κ2) is 6.16. The third kappa shape index (κ3) is 3.44. The maximum absolute atomic E-state index is 12.2. The van der Waals surface area contributed by atoms with Crippen molar-refractivity contribution < 1.29 is 14.6 Å². The molecule has 1 aromatic carbocycles. The maximum atomic E-state index is 12.2. The topological polar surface area (TPSA) is 58.6 Å². The molecule has 2 N–H and O–H groups in total. The molecule has 1 aliphatic heterocycles. The van der Waals surface area contributed by atoms with Gasteiger partial charge in [0.25, 0.3) is 0 Å². The summed E-state index contributed by atoms with van der Waals surface area (Å²) in [7, 11) is 0. The molecule has 0 spiro atoms. The molecule has 4 nitrogen and oxygen atoms in total. The molecule has 1 amide bonds. The third-order valence-electron chi connectivity index (χ3n) is 4.76. The van der Waals surface area contributed by atoms with Crippen LogP contribution >= 0.6 is 0 Å². The van der Waals surface area contributed by atoms with E-state index in [1.54, 1.807) is 0 Å². The fourth-order valence-electron chi connectivity index (χ4n) is 3.25. The van der Waals surface area contributed by atoms with Crippen molar-refractivity contribution in [3.05, 3.63) is 35.9 Å². The van der Waals surface area contributed by atoms with Crippen LogP contribution in [0.4, 0.5) is 0 Å². The van der Waals surface area contributed by atoms with Gasteiger partial charge in [0.1, 0.15) is 0 Å². The SMILES string of the molecule is O=C(C[C@@H]1C[C@H]1c1ccccc1)NC1(CO)CCOCC1. The molecular weight excluding hydrogens is 266 g/mol. The molecule has 0 unspecified atom stereocenters. The van der Waals surface area contributed by atoms with Crippen molar-refractivity contribution in [3.63, 3.8) is 0 Å². The number of hydrogen-bond acceptors (Lipinski definition) is 3. The van der Waals surface area contributed by atoms with Crippen LogP contribution in [0.25, 0.3) is 0 Å². The summed E-state index contributed by atoms with van der Waals surface area (Å²) in [4.78, 5) is 12.2. The average Bonchev–Trinajstić information content (AvgIpc) is 3.28. The molecule has 1 heterocycles. The molecule has 1 aromatic rings. The first-order valence-corrected chi connectivity index (χ1v) is 7.77. The Morgan fingerprint density at radius 3 is 2.67 bits per heavy atom. The zero-order valence-electron chi connectivity index (χ0n) is 12.3. The Labute approximate surface area is 125 Å². The van der Waals surface area contributed by atoms with Crippen LogP contribution in [-0.4, -0.2) is 36.4 Å². The summed E-state index contributed by atoms with van der Waals surface area (Å²) in [5.41, 5.74) is 0.866. The molecule has 0 radical (unpaired) electrons. The largest absolute Gasteiger partial charge is 0.394 e. The van der Waals surface area contributed by atoms with E-state index in [1.165, 1.54) is 5.56 Å². The second-order valence-electron chi connectivity index (χ2n) is 6.32. The molecule has 21 heavy (non-hydrogen) atoms. The van der Waals surface area contributed by atoms with E-state index in [0.717, 1.165) is 6.42 Å². The standard InChI is InChI=1S/C17H23NO3/c19-12-17(6-8-21-9-7-17)18-16(20)11-14-10-15(14)13-4-2-1-3-5-13/h1-5,14-15,19H,6-12H2,(H,18,20)/t14-,15-/m0/s1. The van der Waals surface area contributed by atoms with Gasteiger partial charge in [0.2, 0.25) is 5.91 Å². The summed E-state index contributed by atoms with van der Waals surface area (Å²) in [6.07, 6.45) is 3.04. The van der Waals surface area contributed by atoms with Crippen molar-refractivity contribution in [2.45, 2.75) is 37.1 Å². The first kappa shape index (κ1) is 14.5. The van der Waals surface area contributed by atoms with Gasteiger partial charge in [-0.2, -0.15) is 0 Å². The van der Waals surface area contributed by atoms with Crippen LogP contribution in [0.5, 0.6) is 0 Å². The second-order valence-corrected chi connectivity index (χ2v) is 6.32. The van der Waals surface area contributed by atoms with E-state index in [2.05, 4.69) is 17.4 Å².